The van der Waals surface area contributed by atoms with E-state index in [1.54, 1.807) is 47.6 Å². The predicted octanol–water partition coefficient (Wildman–Crippen LogP) is 3.15. The molecule has 10 heteroatoms. The average molecular weight is 410 g/mol. The van der Waals surface area contributed by atoms with Gasteiger partial charge in [-0.25, -0.2) is 19.4 Å². The first kappa shape index (κ1) is 24.0. The molecule has 0 spiro atoms. The molecule has 1 heterocycles. The number of hydrogen-bond acceptors (Lipinski definition) is 8. The molecule has 0 saturated carbocycles. The van der Waals surface area contributed by atoms with Gasteiger partial charge in [0, 0.05) is 13.1 Å². The number of nitrogens with one attached hydrogen (secondary N) is 3. The van der Waals surface area contributed by atoms with Crippen LogP contribution in [-0.4, -0.2) is 54.5 Å². The van der Waals surface area contributed by atoms with Crippen LogP contribution in [0.5, 0.6) is 0 Å². The maximum absolute atomic E-state index is 12.0. The van der Waals surface area contributed by atoms with Gasteiger partial charge in [-0.3, -0.25) is 5.32 Å². The Kier molecular flexibility index (Phi) is 8.23. The minimum atomic E-state index is -0.751. The number of rotatable bonds is 6. The Balaban J connectivity index is 2.76. The van der Waals surface area contributed by atoms with Gasteiger partial charge in [-0.15, -0.1) is 0 Å². The summed E-state index contributed by atoms with van der Waals surface area (Å²) in [6, 6.07) is 3.02. The topological polar surface area (TPSA) is 128 Å². The summed E-state index contributed by atoms with van der Waals surface area (Å²) in [4.78, 5) is 39.8. The molecule has 10 nitrogen and oxygen atoms in total. The fourth-order valence-electron chi connectivity index (χ4n) is 2.00. The van der Waals surface area contributed by atoms with Crippen LogP contribution in [0.1, 0.15) is 51.9 Å². The molecule has 3 N–H and O–H groups in total. The van der Waals surface area contributed by atoms with Gasteiger partial charge in [-0.1, -0.05) is 0 Å². The number of anilines is 2. The number of esters is 1. The maximum Gasteiger partial charge on any atom is 0.413 e. The van der Waals surface area contributed by atoms with E-state index in [0.29, 0.717) is 12.4 Å². The second-order valence-electron chi connectivity index (χ2n) is 8.07. The van der Waals surface area contributed by atoms with Crippen molar-refractivity contribution in [3.63, 3.8) is 0 Å². The molecule has 0 aliphatic heterocycles. The van der Waals surface area contributed by atoms with Crippen molar-refractivity contribution >= 4 is 29.8 Å². The molecule has 162 valence electrons. The predicted molar refractivity (Wildman–Crippen MR) is 108 cm³/mol. The van der Waals surface area contributed by atoms with Gasteiger partial charge in [0.05, 0.1) is 7.11 Å². The normalized spacial score (nSPS) is 11.3. The van der Waals surface area contributed by atoms with Crippen LogP contribution >= 0.6 is 0 Å². The van der Waals surface area contributed by atoms with E-state index in [9.17, 15) is 14.4 Å². The van der Waals surface area contributed by atoms with Crippen LogP contribution in [0.3, 0.4) is 0 Å². The van der Waals surface area contributed by atoms with Crippen LogP contribution in [-0.2, 0) is 14.2 Å². The lowest BCUT2D eigenvalue weighted by molar-refractivity contribution is 0.0527. The minimum Gasteiger partial charge on any atom is -0.465 e. The first-order valence-electron chi connectivity index (χ1n) is 9.11. The zero-order valence-corrected chi connectivity index (χ0v) is 18.0. The molecule has 0 bridgehead atoms. The van der Waals surface area contributed by atoms with E-state index in [0.717, 1.165) is 0 Å². The third kappa shape index (κ3) is 9.63. The standard InChI is InChI=1S/C19H30N4O6/c1-18(2,3)28-16(25)21-11-10-20-13-9-8-12(15(24)27-7)14(22-13)23-17(26)29-19(4,5)6/h8-9H,10-11H2,1-7H3,(H,21,25)(H2,20,22,23,26). The third-order valence-corrected chi connectivity index (χ3v) is 3.02. The minimum absolute atomic E-state index is 0.00352. The van der Waals surface area contributed by atoms with E-state index < -0.39 is 29.4 Å². The summed E-state index contributed by atoms with van der Waals surface area (Å²) < 4.78 is 15.0. The number of methoxy groups -OCH3 is 1. The number of aromatic nitrogens is 1. The summed E-state index contributed by atoms with van der Waals surface area (Å²) in [5, 5.41) is 8.04. The Hall–Kier alpha value is -3.04. The Bertz CT molecular complexity index is 737. The van der Waals surface area contributed by atoms with Gasteiger partial charge in [0.25, 0.3) is 0 Å². The zero-order valence-electron chi connectivity index (χ0n) is 18.0. The highest BCUT2D eigenvalue weighted by Crippen LogP contribution is 2.19. The molecule has 0 atom stereocenters. The molecule has 0 aliphatic carbocycles. The highest BCUT2D eigenvalue weighted by Gasteiger charge is 2.21. The lowest BCUT2D eigenvalue weighted by Crippen LogP contribution is -2.35. The van der Waals surface area contributed by atoms with Crippen LogP contribution in [0, 0.1) is 0 Å². The molecule has 0 unspecified atom stereocenters. The van der Waals surface area contributed by atoms with Crippen molar-refractivity contribution in [3.8, 4) is 0 Å². The van der Waals surface area contributed by atoms with E-state index in [1.807, 2.05) is 0 Å². The van der Waals surface area contributed by atoms with E-state index >= 15 is 0 Å². The van der Waals surface area contributed by atoms with Crippen LogP contribution in [0.15, 0.2) is 12.1 Å². The number of nitrogens with zero attached hydrogens (tertiary/aromatic N) is 1. The smallest absolute Gasteiger partial charge is 0.413 e. The molecule has 1 rings (SSSR count). The Labute approximate surface area is 170 Å². The van der Waals surface area contributed by atoms with Crippen molar-refractivity contribution in [2.75, 3.05) is 30.8 Å². The summed E-state index contributed by atoms with van der Waals surface area (Å²) in [6.07, 6.45) is -1.28. The number of carbonyl (C=O) groups excluding carboxylic acids is 3. The molecule has 2 amide bonds. The first-order chi connectivity index (χ1) is 13.3. The molecule has 0 fully saturated rings. The average Bonchev–Trinajstić information content (AvgIpc) is 2.55. The summed E-state index contributed by atoms with van der Waals surface area (Å²) >= 11 is 0. The molecule has 0 radical (unpaired) electrons. The molecular formula is C19H30N4O6. The lowest BCUT2D eigenvalue weighted by atomic mass is 10.2. The molecular weight excluding hydrogens is 380 g/mol. The van der Waals surface area contributed by atoms with Crippen LogP contribution < -0.4 is 16.0 Å². The Morgan fingerprint density at radius 1 is 0.931 bits per heavy atom. The quantitative estimate of drug-likeness (QED) is 0.371. The van der Waals surface area contributed by atoms with Crippen molar-refractivity contribution in [1.82, 2.24) is 10.3 Å². The largest absolute Gasteiger partial charge is 0.465 e. The lowest BCUT2D eigenvalue weighted by Gasteiger charge is -2.20. The Morgan fingerprint density at radius 3 is 2.07 bits per heavy atom. The number of ether oxygens (including phenoxy) is 3. The monoisotopic (exact) mass is 410 g/mol. The molecule has 0 saturated heterocycles. The van der Waals surface area contributed by atoms with Crippen molar-refractivity contribution in [3.05, 3.63) is 17.7 Å². The fourth-order valence-corrected chi connectivity index (χ4v) is 2.00. The van der Waals surface area contributed by atoms with E-state index in [2.05, 4.69) is 20.9 Å². The van der Waals surface area contributed by atoms with Crippen LogP contribution in [0.25, 0.3) is 0 Å². The van der Waals surface area contributed by atoms with Crippen LogP contribution in [0.4, 0.5) is 21.2 Å². The van der Waals surface area contributed by atoms with E-state index in [-0.39, 0.29) is 17.9 Å². The van der Waals surface area contributed by atoms with E-state index in [4.69, 9.17) is 14.2 Å². The van der Waals surface area contributed by atoms with Gasteiger partial charge in [0.2, 0.25) is 0 Å². The number of alkyl carbamates (subject to hydrolysis) is 1. The van der Waals surface area contributed by atoms with Crippen molar-refractivity contribution in [1.29, 1.82) is 0 Å². The third-order valence-electron chi connectivity index (χ3n) is 3.02. The molecule has 0 aliphatic rings. The number of pyridine rings is 1. The van der Waals surface area contributed by atoms with Gasteiger partial charge in [-0.05, 0) is 53.7 Å². The summed E-state index contributed by atoms with van der Waals surface area (Å²) in [5.74, 6) is -0.271. The number of carbonyl (C=O) groups is 3. The van der Waals surface area contributed by atoms with Gasteiger partial charge in [-0.2, -0.15) is 0 Å². The molecule has 29 heavy (non-hydrogen) atoms. The summed E-state index contributed by atoms with van der Waals surface area (Å²) in [6.45, 7) is 11.1. The number of amides is 2. The fraction of sp³-hybridized carbons (Fsp3) is 0.579. The van der Waals surface area contributed by atoms with Crippen LogP contribution in [0.2, 0.25) is 0 Å². The van der Waals surface area contributed by atoms with Crippen molar-refractivity contribution in [2.24, 2.45) is 0 Å². The maximum atomic E-state index is 12.0. The SMILES string of the molecule is COC(=O)c1ccc(NCCNC(=O)OC(C)(C)C)nc1NC(=O)OC(C)(C)C. The molecule has 0 aromatic carbocycles. The van der Waals surface area contributed by atoms with E-state index in [1.165, 1.54) is 13.2 Å². The second-order valence-corrected chi connectivity index (χ2v) is 8.07. The second kappa shape index (κ2) is 9.94. The van der Waals surface area contributed by atoms with Crippen molar-refractivity contribution in [2.45, 2.75) is 52.7 Å². The summed E-state index contributed by atoms with van der Waals surface area (Å²) in [5.41, 5.74) is -1.21. The highest BCUT2D eigenvalue weighted by molar-refractivity contribution is 5.98. The van der Waals surface area contributed by atoms with Gasteiger partial charge in [0.1, 0.15) is 22.6 Å². The summed E-state index contributed by atoms with van der Waals surface area (Å²) in [7, 11) is 1.23. The number of hydrogen-bond donors (Lipinski definition) is 3. The van der Waals surface area contributed by atoms with Crippen molar-refractivity contribution < 1.29 is 28.6 Å². The Morgan fingerprint density at radius 2 is 1.52 bits per heavy atom. The van der Waals surface area contributed by atoms with Gasteiger partial charge < -0.3 is 24.8 Å². The zero-order chi connectivity index (χ0) is 22.2. The first-order valence-corrected chi connectivity index (χ1v) is 9.11. The molecule has 1 aromatic rings. The highest BCUT2D eigenvalue weighted by atomic mass is 16.6. The molecule has 1 aromatic heterocycles. The van der Waals surface area contributed by atoms with Gasteiger partial charge in [0.15, 0.2) is 5.82 Å². The van der Waals surface area contributed by atoms with Gasteiger partial charge >= 0.3 is 18.2 Å².